The number of sulfonamides is 1. The molecule has 1 aromatic rings. The minimum Gasteiger partial charge on any atom is -0.464 e. The fourth-order valence-corrected chi connectivity index (χ4v) is 3.23. The van der Waals surface area contributed by atoms with Gasteiger partial charge in [-0.15, -0.1) is 0 Å². The highest BCUT2D eigenvalue weighted by atomic mass is 35.5. The van der Waals surface area contributed by atoms with E-state index in [0.29, 0.717) is 0 Å². The first-order chi connectivity index (χ1) is 11.0. The van der Waals surface area contributed by atoms with Crippen molar-refractivity contribution in [3.63, 3.8) is 0 Å². The molecule has 0 amide bonds. The number of methoxy groups -OCH3 is 1. The lowest BCUT2D eigenvalue weighted by molar-refractivity contribution is -0.136. The van der Waals surface area contributed by atoms with Crippen molar-refractivity contribution in [1.82, 2.24) is 9.97 Å². The van der Waals surface area contributed by atoms with E-state index in [1.807, 2.05) is 0 Å². The summed E-state index contributed by atoms with van der Waals surface area (Å²) in [5, 5.41) is -0.273. The van der Waals surface area contributed by atoms with Crippen LogP contribution in [-0.4, -0.2) is 62.8 Å². The second kappa shape index (κ2) is 6.79. The number of rotatable bonds is 5. The average molecular weight is 380 g/mol. The van der Waals surface area contributed by atoms with Crippen LogP contribution in [0.25, 0.3) is 0 Å². The first kappa shape index (κ1) is 18.8. The maximum Gasteiger partial charge on any atom is 0.356 e. The number of nitrogens with zero attached hydrogens (tertiary/aromatic N) is 3. The van der Waals surface area contributed by atoms with Crippen molar-refractivity contribution in [1.29, 1.82) is 0 Å². The molecule has 0 aliphatic carbocycles. The summed E-state index contributed by atoms with van der Waals surface area (Å²) in [5.74, 6) is -1.60. The number of carbonyl (C=O) groups is 1. The maximum atomic E-state index is 12.2. The van der Waals surface area contributed by atoms with Gasteiger partial charge in [0, 0.05) is 6.07 Å². The summed E-state index contributed by atoms with van der Waals surface area (Å²) in [7, 11) is -2.53. The predicted molar refractivity (Wildman–Crippen MR) is 85.5 cm³/mol. The Morgan fingerprint density at radius 3 is 2.67 bits per heavy atom. The fourth-order valence-electron chi connectivity index (χ4n) is 2.18. The van der Waals surface area contributed by atoms with Gasteiger partial charge in [-0.2, -0.15) is 4.98 Å². The number of hydrogen-bond acceptors (Lipinski definition) is 8. The minimum atomic E-state index is -3.71. The third kappa shape index (κ3) is 4.53. The summed E-state index contributed by atoms with van der Waals surface area (Å²) >= 11 is 5.80. The number of hydrogen-bond donors (Lipinski definition) is 0. The van der Waals surface area contributed by atoms with Crippen molar-refractivity contribution in [3.8, 4) is 0 Å². The van der Waals surface area contributed by atoms with E-state index < -0.39 is 27.9 Å². The number of halogens is 1. The quantitative estimate of drug-likeness (QED) is 0.547. The molecule has 2 heterocycles. The highest BCUT2D eigenvalue weighted by Gasteiger charge is 2.36. The van der Waals surface area contributed by atoms with Crippen LogP contribution in [0.5, 0.6) is 0 Å². The Labute approximate surface area is 144 Å². The normalized spacial score (nSPS) is 20.0. The molecule has 0 bridgehead atoms. The first-order valence-corrected chi connectivity index (χ1v) is 9.17. The summed E-state index contributed by atoms with van der Waals surface area (Å²) in [6, 6.07) is 1.19. The van der Waals surface area contributed by atoms with Crippen LogP contribution in [0.4, 0.5) is 5.82 Å². The van der Waals surface area contributed by atoms with Gasteiger partial charge in [0.1, 0.15) is 11.9 Å². The largest absolute Gasteiger partial charge is 0.464 e. The SMILES string of the molecule is COC(=O)c1cc(N(C[C@@H]2COC(C)(C)O2)S(C)(=O)=O)nc(Cl)n1. The van der Waals surface area contributed by atoms with E-state index >= 15 is 0 Å². The van der Waals surface area contributed by atoms with Crippen LogP contribution in [0.2, 0.25) is 5.28 Å². The molecule has 9 nitrogen and oxygen atoms in total. The zero-order valence-electron chi connectivity index (χ0n) is 13.6. The summed E-state index contributed by atoms with van der Waals surface area (Å²) in [5.41, 5.74) is -0.148. The van der Waals surface area contributed by atoms with Crippen molar-refractivity contribution in [2.75, 3.05) is 30.8 Å². The maximum absolute atomic E-state index is 12.2. The second-order valence-corrected chi connectivity index (χ2v) is 7.86. The van der Waals surface area contributed by atoms with Gasteiger partial charge in [0.15, 0.2) is 11.5 Å². The lowest BCUT2D eigenvalue weighted by Crippen LogP contribution is -2.39. The Hall–Kier alpha value is -1.49. The molecule has 0 aromatic carbocycles. The summed E-state index contributed by atoms with van der Waals surface area (Å²) < 4.78 is 40.9. The van der Waals surface area contributed by atoms with Crippen molar-refractivity contribution in [2.45, 2.75) is 25.7 Å². The Morgan fingerprint density at radius 1 is 1.50 bits per heavy atom. The lowest BCUT2D eigenvalue weighted by atomic mass is 10.3. The molecule has 1 fully saturated rings. The standard InChI is InChI=1S/C13H18ClN3O6S/c1-13(2)22-7-8(23-13)6-17(24(4,19)20)10-5-9(11(18)21-3)15-12(14)16-10/h5,8H,6-7H2,1-4H3/t8-/m1/s1. The van der Waals surface area contributed by atoms with E-state index in [1.165, 1.54) is 13.2 Å². The van der Waals surface area contributed by atoms with E-state index in [1.54, 1.807) is 13.8 Å². The summed E-state index contributed by atoms with van der Waals surface area (Å²) in [4.78, 5) is 19.3. The lowest BCUT2D eigenvalue weighted by Gasteiger charge is -2.25. The molecule has 0 saturated carbocycles. The van der Waals surface area contributed by atoms with Gasteiger partial charge in [-0.1, -0.05) is 0 Å². The molecule has 1 aliphatic heterocycles. The van der Waals surface area contributed by atoms with Gasteiger partial charge in [-0.3, -0.25) is 4.31 Å². The minimum absolute atomic E-state index is 0.0454. The monoisotopic (exact) mass is 379 g/mol. The Morgan fingerprint density at radius 2 is 2.17 bits per heavy atom. The van der Waals surface area contributed by atoms with Crippen LogP contribution in [0.3, 0.4) is 0 Å². The molecule has 1 saturated heterocycles. The third-order valence-electron chi connectivity index (χ3n) is 3.17. The Balaban J connectivity index is 2.36. The van der Waals surface area contributed by atoms with E-state index in [-0.39, 0.29) is 29.9 Å². The molecule has 2 rings (SSSR count). The molecule has 134 valence electrons. The van der Waals surface area contributed by atoms with Gasteiger partial charge >= 0.3 is 5.97 Å². The third-order valence-corrected chi connectivity index (χ3v) is 4.48. The molecule has 0 spiro atoms. The first-order valence-electron chi connectivity index (χ1n) is 6.94. The van der Waals surface area contributed by atoms with Gasteiger partial charge in [0.2, 0.25) is 15.3 Å². The number of carbonyl (C=O) groups excluding carboxylic acids is 1. The van der Waals surface area contributed by atoms with E-state index in [4.69, 9.17) is 21.1 Å². The van der Waals surface area contributed by atoms with Crippen molar-refractivity contribution >= 4 is 33.4 Å². The highest BCUT2D eigenvalue weighted by Crippen LogP contribution is 2.26. The van der Waals surface area contributed by atoms with Crippen molar-refractivity contribution < 1.29 is 27.4 Å². The number of aromatic nitrogens is 2. The van der Waals surface area contributed by atoms with Crippen LogP contribution in [0, 0.1) is 0 Å². The smallest absolute Gasteiger partial charge is 0.356 e. The van der Waals surface area contributed by atoms with Crippen molar-refractivity contribution in [2.24, 2.45) is 0 Å². The van der Waals surface area contributed by atoms with Crippen LogP contribution in [0.1, 0.15) is 24.3 Å². The zero-order valence-corrected chi connectivity index (χ0v) is 15.2. The molecule has 0 unspecified atom stereocenters. The number of ether oxygens (including phenoxy) is 3. The van der Waals surface area contributed by atoms with Crippen LogP contribution < -0.4 is 4.31 Å². The van der Waals surface area contributed by atoms with Crippen LogP contribution >= 0.6 is 11.6 Å². The molecule has 1 aromatic heterocycles. The van der Waals surface area contributed by atoms with E-state index in [2.05, 4.69) is 14.7 Å². The Bertz CT molecular complexity index is 739. The van der Waals surface area contributed by atoms with E-state index in [9.17, 15) is 13.2 Å². The van der Waals surface area contributed by atoms with Crippen LogP contribution in [-0.2, 0) is 24.2 Å². The van der Waals surface area contributed by atoms with Gasteiger partial charge in [-0.25, -0.2) is 18.2 Å². The summed E-state index contributed by atoms with van der Waals surface area (Å²) in [6.07, 6.45) is 0.520. The molecular formula is C13H18ClN3O6S. The topological polar surface area (TPSA) is 108 Å². The van der Waals surface area contributed by atoms with Gasteiger partial charge in [0.05, 0.1) is 26.5 Å². The van der Waals surface area contributed by atoms with Gasteiger partial charge in [-0.05, 0) is 25.4 Å². The highest BCUT2D eigenvalue weighted by molar-refractivity contribution is 7.92. The molecule has 0 radical (unpaired) electrons. The number of anilines is 1. The van der Waals surface area contributed by atoms with Crippen LogP contribution in [0.15, 0.2) is 6.07 Å². The number of esters is 1. The van der Waals surface area contributed by atoms with E-state index in [0.717, 1.165) is 10.6 Å². The predicted octanol–water partition coefficient (Wildman–Crippen LogP) is 0.834. The van der Waals surface area contributed by atoms with Crippen molar-refractivity contribution in [3.05, 3.63) is 17.0 Å². The van der Waals surface area contributed by atoms with Gasteiger partial charge in [0.25, 0.3) is 0 Å². The summed E-state index contributed by atoms with van der Waals surface area (Å²) in [6.45, 7) is 3.64. The van der Waals surface area contributed by atoms with Gasteiger partial charge < -0.3 is 14.2 Å². The molecule has 1 atom stereocenters. The average Bonchev–Trinajstić information content (AvgIpc) is 2.81. The fraction of sp³-hybridized carbons (Fsp3) is 0.615. The molecule has 11 heteroatoms. The Kier molecular flexibility index (Phi) is 5.33. The molecule has 1 aliphatic rings. The molecule has 0 N–H and O–H groups in total. The molecular weight excluding hydrogens is 362 g/mol. The zero-order chi connectivity index (χ0) is 18.1. The molecule has 24 heavy (non-hydrogen) atoms. The second-order valence-electron chi connectivity index (χ2n) is 5.62.